The van der Waals surface area contributed by atoms with Gasteiger partial charge in [-0.15, -0.1) is 0 Å². The van der Waals surface area contributed by atoms with Gasteiger partial charge in [-0.05, 0) is 66.0 Å². The van der Waals surface area contributed by atoms with Crippen molar-refractivity contribution in [3.05, 3.63) is 34.9 Å². The molecular formula is C18H32O5P2-2. The lowest BCUT2D eigenvalue weighted by atomic mass is 10.1. The molecule has 0 saturated carbocycles. The molecule has 0 saturated heterocycles. The third-order valence-electron chi connectivity index (χ3n) is 3.75. The minimum atomic E-state index is -4.26. The molecule has 0 heterocycles. The van der Waals surface area contributed by atoms with Crippen molar-refractivity contribution < 1.29 is 23.4 Å². The third kappa shape index (κ3) is 14.4. The molecule has 0 aliphatic rings. The van der Waals surface area contributed by atoms with E-state index in [1.54, 1.807) is 0 Å². The Morgan fingerprint density at radius 2 is 1.36 bits per heavy atom. The summed E-state index contributed by atoms with van der Waals surface area (Å²) in [6, 6.07) is 0. The van der Waals surface area contributed by atoms with Gasteiger partial charge in [0.1, 0.15) is 7.60 Å². The van der Waals surface area contributed by atoms with Gasteiger partial charge in [0.15, 0.2) is 0 Å². The second-order valence-corrected chi connectivity index (χ2v) is 11.5. The van der Waals surface area contributed by atoms with Crippen molar-refractivity contribution in [1.29, 1.82) is 0 Å². The normalized spacial score (nSPS) is 17.7. The second-order valence-electron chi connectivity index (χ2n) is 6.72. The van der Waals surface area contributed by atoms with Crippen molar-refractivity contribution in [2.75, 3.05) is 19.2 Å². The minimum absolute atomic E-state index is 0.155. The molecule has 0 spiro atoms. The zero-order chi connectivity index (χ0) is 19.5. The summed E-state index contributed by atoms with van der Waals surface area (Å²) in [6.07, 6.45) is 10.4. The van der Waals surface area contributed by atoms with E-state index in [1.807, 2.05) is 13.0 Å². The van der Waals surface area contributed by atoms with Gasteiger partial charge < -0.3 is 23.4 Å². The lowest BCUT2D eigenvalue weighted by Crippen LogP contribution is -2.14. The van der Waals surface area contributed by atoms with Crippen LogP contribution in [0.25, 0.3) is 0 Å². The molecule has 0 aromatic heterocycles. The number of rotatable bonds is 12. The van der Waals surface area contributed by atoms with Gasteiger partial charge in [0.05, 0.1) is 5.90 Å². The van der Waals surface area contributed by atoms with Crippen molar-refractivity contribution in [1.82, 2.24) is 0 Å². The molecule has 5 nitrogen and oxygen atoms in total. The molecule has 0 rings (SSSR count). The van der Waals surface area contributed by atoms with E-state index in [2.05, 4.69) is 37.4 Å². The standard InChI is InChI=1S/C18H34O5P2/c1-16(2)9-6-10-17(3)11-7-12-18(4)13-8-14-24(19,20)15-25(21,22)23-5/h9,11,13H,6-8,10,12,14-15H2,1-5H3,(H,19,20)(H,21,22)/p-2/b17-11+,18-13+. The molecule has 0 amide bonds. The van der Waals surface area contributed by atoms with E-state index in [9.17, 15) is 18.9 Å². The first-order chi connectivity index (χ1) is 11.5. The monoisotopic (exact) mass is 390 g/mol. The van der Waals surface area contributed by atoms with Crippen LogP contribution in [0.4, 0.5) is 0 Å². The topological polar surface area (TPSA) is 89.5 Å². The van der Waals surface area contributed by atoms with Crippen LogP contribution in [0.2, 0.25) is 0 Å². The highest BCUT2D eigenvalue weighted by atomic mass is 31.2. The second kappa shape index (κ2) is 12.0. The summed E-state index contributed by atoms with van der Waals surface area (Å²) in [5.74, 6) is -0.906. The van der Waals surface area contributed by atoms with Crippen LogP contribution >= 0.6 is 15.0 Å². The van der Waals surface area contributed by atoms with Gasteiger partial charge in [-0.3, -0.25) is 0 Å². The zero-order valence-electron chi connectivity index (χ0n) is 16.1. The van der Waals surface area contributed by atoms with Crippen molar-refractivity contribution in [3.8, 4) is 0 Å². The first-order valence-electron chi connectivity index (χ1n) is 8.57. The molecule has 25 heavy (non-hydrogen) atoms. The van der Waals surface area contributed by atoms with Crippen molar-refractivity contribution >= 4 is 15.0 Å². The molecule has 146 valence electrons. The molecule has 0 aromatic carbocycles. The summed E-state index contributed by atoms with van der Waals surface area (Å²) in [7, 11) is -7.24. The number of hydrogen-bond acceptors (Lipinski definition) is 5. The highest BCUT2D eigenvalue weighted by Crippen LogP contribution is 2.52. The highest BCUT2D eigenvalue weighted by Gasteiger charge is 2.16. The summed E-state index contributed by atoms with van der Waals surface area (Å²) >= 11 is 0. The van der Waals surface area contributed by atoms with Gasteiger partial charge in [0.2, 0.25) is 0 Å². The fourth-order valence-electron chi connectivity index (χ4n) is 2.24. The fourth-order valence-corrected chi connectivity index (χ4v) is 5.90. The lowest BCUT2D eigenvalue weighted by Gasteiger charge is -2.30. The Morgan fingerprint density at radius 3 is 1.84 bits per heavy atom. The Morgan fingerprint density at radius 1 is 0.880 bits per heavy atom. The van der Waals surface area contributed by atoms with Gasteiger partial charge in [-0.25, -0.2) is 0 Å². The maximum Gasteiger partial charge on any atom is 0.140 e. The minimum Gasteiger partial charge on any atom is -0.799 e. The smallest absolute Gasteiger partial charge is 0.140 e. The van der Waals surface area contributed by atoms with E-state index in [-0.39, 0.29) is 6.16 Å². The molecule has 0 fully saturated rings. The Balaban J connectivity index is 4.23. The summed E-state index contributed by atoms with van der Waals surface area (Å²) in [5.41, 5.74) is 3.81. The van der Waals surface area contributed by atoms with Crippen LogP contribution in [0.1, 0.15) is 59.8 Å². The largest absolute Gasteiger partial charge is 0.799 e. The molecule has 0 aliphatic heterocycles. The molecule has 0 radical (unpaired) electrons. The maximum atomic E-state index is 11.8. The van der Waals surface area contributed by atoms with Gasteiger partial charge in [-0.2, -0.15) is 0 Å². The van der Waals surface area contributed by atoms with Crippen LogP contribution in [-0.4, -0.2) is 19.2 Å². The lowest BCUT2D eigenvalue weighted by molar-refractivity contribution is -0.198. The van der Waals surface area contributed by atoms with E-state index in [1.165, 1.54) is 11.1 Å². The van der Waals surface area contributed by atoms with Crippen LogP contribution in [0.15, 0.2) is 34.9 Å². The van der Waals surface area contributed by atoms with Gasteiger partial charge in [0, 0.05) is 14.5 Å². The predicted molar refractivity (Wildman–Crippen MR) is 102 cm³/mol. The quantitative estimate of drug-likeness (QED) is 0.359. The molecule has 0 bridgehead atoms. The Kier molecular flexibility index (Phi) is 11.8. The van der Waals surface area contributed by atoms with Crippen molar-refractivity contribution in [2.24, 2.45) is 0 Å². The van der Waals surface area contributed by atoms with Crippen molar-refractivity contribution in [3.63, 3.8) is 0 Å². The van der Waals surface area contributed by atoms with Crippen LogP contribution in [0.3, 0.4) is 0 Å². The summed E-state index contributed by atoms with van der Waals surface area (Å²) in [5, 5.41) is 0. The molecular weight excluding hydrogens is 358 g/mol. The Hall–Kier alpha value is -0.440. The van der Waals surface area contributed by atoms with E-state index in [4.69, 9.17) is 0 Å². The molecule has 0 aliphatic carbocycles. The van der Waals surface area contributed by atoms with Crippen LogP contribution in [0, 0.1) is 0 Å². The average molecular weight is 390 g/mol. The maximum absolute atomic E-state index is 11.8. The first kappa shape index (κ1) is 24.6. The van der Waals surface area contributed by atoms with E-state index in [0.29, 0.717) is 6.42 Å². The molecule has 2 atom stereocenters. The van der Waals surface area contributed by atoms with Gasteiger partial charge in [0.25, 0.3) is 0 Å². The summed E-state index contributed by atoms with van der Waals surface area (Å²) < 4.78 is 27.2. The molecule has 2 unspecified atom stereocenters. The fraction of sp³-hybridized carbons (Fsp3) is 0.667. The van der Waals surface area contributed by atoms with Crippen molar-refractivity contribution in [2.45, 2.75) is 59.8 Å². The number of hydrogen-bond donors (Lipinski definition) is 0. The Labute approximate surface area is 152 Å². The van der Waals surface area contributed by atoms with E-state index in [0.717, 1.165) is 38.4 Å². The Bertz CT molecular complexity index is 586. The molecule has 0 N–H and O–H groups in total. The summed E-state index contributed by atoms with van der Waals surface area (Å²) in [6.45, 7) is 8.29. The third-order valence-corrected chi connectivity index (χ3v) is 8.36. The van der Waals surface area contributed by atoms with E-state index < -0.39 is 20.9 Å². The van der Waals surface area contributed by atoms with E-state index >= 15 is 0 Å². The number of allylic oxidation sites excluding steroid dienone is 6. The first-order valence-corrected chi connectivity index (χ1v) is 12.3. The molecule has 0 aromatic rings. The average Bonchev–Trinajstić information content (AvgIpc) is 2.45. The molecule has 7 heteroatoms. The summed E-state index contributed by atoms with van der Waals surface area (Å²) in [4.78, 5) is 23.0. The van der Waals surface area contributed by atoms with Gasteiger partial charge >= 0.3 is 0 Å². The highest BCUT2D eigenvalue weighted by molar-refractivity contribution is 7.71. The SMILES string of the molecule is COP(=O)([O-])CP(=O)([O-])CC/C=C(\C)CC/C=C(\C)CCC=C(C)C. The zero-order valence-corrected chi connectivity index (χ0v) is 17.9. The van der Waals surface area contributed by atoms with Crippen LogP contribution < -0.4 is 9.79 Å². The predicted octanol–water partition coefficient (Wildman–Crippen LogP) is 4.59. The van der Waals surface area contributed by atoms with Crippen LogP contribution in [-0.2, 0) is 13.7 Å². The van der Waals surface area contributed by atoms with Gasteiger partial charge in [-0.1, -0.05) is 34.9 Å². The van der Waals surface area contributed by atoms with Crippen LogP contribution in [0.5, 0.6) is 0 Å².